The number of nitrogens with zero attached hydrogens (tertiary/aromatic N) is 1. The molecule has 152 valence electrons. The standard InChI is InChI=1S/C24H28N2O3/c1-4-5-9-21(27)15-24(2,23(28)29-3)26-17-18-11-13-19(14-12-18)22-10-7-6-8-20(22)16-25/h6-8,10-14,26H,4-5,9,15,17H2,1-3H3. The van der Waals surface area contributed by atoms with Crippen LogP contribution in [0, 0.1) is 11.3 Å². The Morgan fingerprint density at radius 3 is 2.45 bits per heavy atom. The molecule has 1 N–H and O–H groups in total. The van der Waals surface area contributed by atoms with Crippen LogP contribution in [0.2, 0.25) is 0 Å². The summed E-state index contributed by atoms with van der Waals surface area (Å²) in [6.07, 6.45) is 2.34. The number of Topliss-reactive ketones (excluding diaryl/α,β-unsaturated/α-hetero) is 1. The number of unbranched alkanes of at least 4 members (excludes halogenated alkanes) is 1. The number of carbonyl (C=O) groups is 2. The van der Waals surface area contributed by atoms with Crippen molar-refractivity contribution >= 4 is 11.8 Å². The third-order valence-electron chi connectivity index (χ3n) is 4.99. The molecule has 2 aromatic carbocycles. The Balaban J connectivity index is 2.10. The molecule has 0 heterocycles. The van der Waals surface area contributed by atoms with Gasteiger partial charge < -0.3 is 4.74 Å². The SMILES string of the molecule is CCCCC(=O)CC(C)(NCc1ccc(-c2ccccc2C#N)cc1)C(=O)OC. The summed E-state index contributed by atoms with van der Waals surface area (Å²) in [7, 11) is 1.33. The maximum absolute atomic E-state index is 12.3. The predicted molar refractivity (Wildman–Crippen MR) is 113 cm³/mol. The number of nitrogens with one attached hydrogen (secondary N) is 1. The van der Waals surface area contributed by atoms with E-state index in [0.717, 1.165) is 29.5 Å². The molecule has 5 nitrogen and oxygen atoms in total. The number of nitriles is 1. The molecule has 2 aromatic rings. The predicted octanol–water partition coefficient (Wildman–Crippen LogP) is 4.40. The Morgan fingerprint density at radius 2 is 1.83 bits per heavy atom. The highest BCUT2D eigenvalue weighted by atomic mass is 16.5. The van der Waals surface area contributed by atoms with E-state index in [4.69, 9.17) is 4.74 Å². The van der Waals surface area contributed by atoms with Crippen LogP contribution in [0.15, 0.2) is 48.5 Å². The van der Waals surface area contributed by atoms with Gasteiger partial charge in [0.15, 0.2) is 0 Å². The van der Waals surface area contributed by atoms with Gasteiger partial charge in [-0.15, -0.1) is 0 Å². The van der Waals surface area contributed by atoms with Crippen LogP contribution in [-0.2, 0) is 20.9 Å². The number of rotatable bonds is 10. The first-order valence-corrected chi connectivity index (χ1v) is 9.87. The van der Waals surface area contributed by atoms with Crippen LogP contribution in [0.4, 0.5) is 0 Å². The minimum Gasteiger partial charge on any atom is -0.468 e. The fraction of sp³-hybridized carbons (Fsp3) is 0.375. The van der Waals surface area contributed by atoms with Crippen molar-refractivity contribution < 1.29 is 14.3 Å². The maximum Gasteiger partial charge on any atom is 0.326 e. The van der Waals surface area contributed by atoms with Gasteiger partial charge in [0.1, 0.15) is 11.3 Å². The quantitative estimate of drug-likeness (QED) is 0.607. The van der Waals surface area contributed by atoms with Crippen molar-refractivity contribution in [2.75, 3.05) is 7.11 Å². The van der Waals surface area contributed by atoms with Crippen LogP contribution >= 0.6 is 0 Å². The Labute approximate surface area is 172 Å². The van der Waals surface area contributed by atoms with E-state index < -0.39 is 11.5 Å². The van der Waals surface area contributed by atoms with E-state index in [1.54, 1.807) is 13.0 Å². The van der Waals surface area contributed by atoms with E-state index in [0.29, 0.717) is 18.5 Å². The highest BCUT2D eigenvalue weighted by molar-refractivity contribution is 5.89. The van der Waals surface area contributed by atoms with Gasteiger partial charge in [0.2, 0.25) is 0 Å². The minimum atomic E-state index is -1.06. The maximum atomic E-state index is 12.3. The number of methoxy groups -OCH3 is 1. The number of benzene rings is 2. The van der Waals surface area contributed by atoms with Crippen molar-refractivity contribution in [3.63, 3.8) is 0 Å². The smallest absolute Gasteiger partial charge is 0.326 e. The Bertz CT molecular complexity index is 884. The molecule has 0 fully saturated rings. The molecular formula is C24H28N2O3. The molecule has 0 aliphatic rings. The molecule has 0 saturated carbocycles. The third kappa shape index (κ3) is 6.00. The highest BCUT2D eigenvalue weighted by Crippen LogP contribution is 2.24. The van der Waals surface area contributed by atoms with E-state index in [1.165, 1.54) is 7.11 Å². The number of esters is 1. The molecule has 0 saturated heterocycles. The summed E-state index contributed by atoms with van der Waals surface area (Å²) < 4.78 is 4.93. The van der Waals surface area contributed by atoms with Crippen molar-refractivity contribution in [1.82, 2.24) is 5.32 Å². The first-order chi connectivity index (χ1) is 13.9. The molecule has 29 heavy (non-hydrogen) atoms. The van der Waals surface area contributed by atoms with E-state index in [2.05, 4.69) is 11.4 Å². The Hall–Kier alpha value is -2.97. The number of hydrogen-bond acceptors (Lipinski definition) is 5. The monoisotopic (exact) mass is 392 g/mol. The summed E-state index contributed by atoms with van der Waals surface area (Å²) in [5, 5.41) is 12.5. The lowest BCUT2D eigenvalue weighted by atomic mass is 9.92. The van der Waals surface area contributed by atoms with Gasteiger partial charge >= 0.3 is 5.97 Å². The number of carbonyl (C=O) groups excluding carboxylic acids is 2. The summed E-state index contributed by atoms with van der Waals surface area (Å²) in [5.41, 5.74) is 2.37. The van der Waals surface area contributed by atoms with Gasteiger partial charge in [-0.25, -0.2) is 0 Å². The largest absolute Gasteiger partial charge is 0.468 e. The van der Waals surface area contributed by atoms with Gasteiger partial charge in [-0.05, 0) is 36.1 Å². The second-order valence-electron chi connectivity index (χ2n) is 7.35. The van der Waals surface area contributed by atoms with Gasteiger partial charge in [0, 0.05) is 19.4 Å². The van der Waals surface area contributed by atoms with Crippen LogP contribution in [0.5, 0.6) is 0 Å². The summed E-state index contributed by atoms with van der Waals surface area (Å²) in [6.45, 7) is 4.16. The molecule has 0 amide bonds. The Morgan fingerprint density at radius 1 is 1.14 bits per heavy atom. The van der Waals surface area contributed by atoms with E-state index in [-0.39, 0.29) is 12.2 Å². The molecule has 0 bridgehead atoms. The van der Waals surface area contributed by atoms with Gasteiger partial charge in [0.25, 0.3) is 0 Å². The average Bonchev–Trinajstić information content (AvgIpc) is 2.76. The number of ketones is 1. The molecule has 0 radical (unpaired) electrons. The average molecular weight is 392 g/mol. The van der Waals surface area contributed by atoms with E-state index in [1.807, 2.05) is 49.4 Å². The molecule has 0 spiro atoms. The van der Waals surface area contributed by atoms with Crippen molar-refractivity contribution in [1.29, 1.82) is 5.26 Å². The summed E-state index contributed by atoms with van der Waals surface area (Å²) in [5.74, 6) is -0.391. The zero-order valence-corrected chi connectivity index (χ0v) is 17.3. The van der Waals surface area contributed by atoms with Gasteiger partial charge in [0.05, 0.1) is 18.7 Å². The van der Waals surface area contributed by atoms with Gasteiger partial charge in [-0.2, -0.15) is 5.26 Å². The zero-order chi connectivity index (χ0) is 21.3. The summed E-state index contributed by atoms with van der Waals surface area (Å²) >= 11 is 0. The lowest BCUT2D eigenvalue weighted by Gasteiger charge is -2.27. The third-order valence-corrected chi connectivity index (χ3v) is 4.99. The summed E-state index contributed by atoms with van der Waals surface area (Å²) in [4.78, 5) is 24.5. The number of hydrogen-bond donors (Lipinski definition) is 1. The first kappa shape index (κ1) is 22.3. The fourth-order valence-electron chi connectivity index (χ4n) is 3.22. The molecule has 5 heteroatoms. The molecule has 0 aromatic heterocycles. The van der Waals surface area contributed by atoms with Crippen LogP contribution < -0.4 is 5.32 Å². The summed E-state index contributed by atoms with van der Waals surface area (Å²) in [6, 6.07) is 17.5. The van der Waals surface area contributed by atoms with Gasteiger partial charge in [-0.1, -0.05) is 55.8 Å². The molecule has 1 atom stereocenters. The zero-order valence-electron chi connectivity index (χ0n) is 17.3. The molecule has 0 aliphatic heterocycles. The molecule has 1 unspecified atom stereocenters. The molecule has 0 aliphatic carbocycles. The highest BCUT2D eigenvalue weighted by Gasteiger charge is 2.36. The Kier molecular flexibility index (Phi) is 8.11. The first-order valence-electron chi connectivity index (χ1n) is 9.87. The molecule has 2 rings (SSSR count). The lowest BCUT2D eigenvalue weighted by molar-refractivity contribution is -0.150. The van der Waals surface area contributed by atoms with Crippen LogP contribution in [0.1, 0.15) is 50.7 Å². The normalized spacial score (nSPS) is 12.6. The van der Waals surface area contributed by atoms with Crippen molar-refractivity contribution in [2.45, 2.75) is 51.6 Å². The van der Waals surface area contributed by atoms with Crippen LogP contribution in [-0.4, -0.2) is 24.4 Å². The lowest BCUT2D eigenvalue weighted by Crippen LogP contribution is -2.51. The van der Waals surface area contributed by atoms with Crippen molar-refractivity contribution in [3.8, 4) is 17.2 Å². The topological polar surface area (TPSA) is 79.2 Å². The number of ether oxygens (including phenoxy) is 1. The van der Waals surface area contributed by atoms with Crippen molar-refractivity contribution in [2.24, 2.45) is 0 Å². The van der Waals surface area contributed by atoms with E-state index >= 15 is 0 Å². The fourth-order valence-corrected chi connectivity index (χ4v) is 3.22. The van der Waals surface area contributed by atoms with Crippen LogP contribution in [0.25, 0.3) is 11.1 Å². The van der Waals surface area contributed by atoms with Gasteiger partial charge in [-0.3, -0.25) is 14.9 Å². The second kappa shape index (κ2) is 10.5. The second-order valence-corrected chi connectivity index (χ2v) is 7.35. The molecular weight excluding hydrogens is 364 g/mol. The van der Waals surface area contributed by atoms with Crippen molar-refractivity contribution in [3.05, 3.63) is 59.7 Å². The van der Waals surface area contributed by atoms with E-state index in [9.17, 15) is 14.9 Å². The minimum absolute atomic E-state index is 0.0516. The van der Waals surface area contributed by atoms with Crippen LogP contribution in [0.3, 0.4) is 0 Å².